The third kappa shape index (κ3) is 5.68. The number of halogens is 1. The molecule has 9 heteroatoms. The second kappa shape index (κ2) is 10.5. The Morgan fingerprint density at radius 3 is 2.61 bits per heavy atom. The maximum absolute atomic E-state index is 12.4. The second-order valence-electron chi connectivity index (χ2n) is 7.10. The van der Waals surface area contributed by atoms with Crippen molar-refractivity contribution in [1.29, 1.82) is 0 Å². The molecule has 1 heterocycles. The maximum atomic E-state index is 12.4. The average Bonchev–Trinajstić information content (AvgIpc) is 3.26. The summed E-state index contributed by atoms with van der Waals surface area (Å²) in [5, 5.41) is 22.0. The molecule has 0 saturated carbocycles. The van der Waals surface area contributed by atoms with E-state index in [1.165, 1.54) is 11.8 Å². The van der Waals surface area contributed by atoms with Crippen molar-refractivity contribution in [1.82, 2.24) is 15.6 Å². The second-order valence-corrected chi connectivity index (χ2v) is 8.96. The molecule has 0 atom stereocenters. The van der Waals surface area contributed by atoms with E-state index in [2.05, 4.69) is 36.7 Å². The zero-order chi connectivity index (χ0) is 23.2. The summed E-state index contributed by atoms with van der Waals surface area (Å²) >= 11 is 4.78. The summed E-state index contributed by atoms with van der Waals surface area (Å²) in [4.78, 5) is 12.4. The lowest BCUT2D eigenvalue weighted by Crippen LogP contribution is -2.34. The van der Waals surface area contributed by atoms with Gasteiger partial charge in [0.25, 0.3) is 11.7 Å². The topological polar surface area (TPSA) is 94.2 Å². The Hall–Kier alpha value is -3.43. The van der Waals surface area contributed by atoms with Gasteiger partial charge in [-0.1, -0.05) is 46.3 Å². The number of phenolic OH excluding ortho intramolecular Hbond substituents is 1. The minimum atomic E-state index is -0.258. The van der Waals surface area contributed by atoms with Crippen LogP contribution >= 0.6 is 27.7 Å². The first kappa shape index (κ1) is 22.8. The predicted molar refractivity (Wildman–Crippen MR) is 132 cm³/mol. The molecule has 3 aromatic carbocycles. The Morgan fingerprint density at radius 2 is 1.88 bits per heavy atom. The number of H-pyrrole nitrogens is 1. The molecular formula is C24H21BrN5O2S+. The van der Waals surface area contributed by atoms with E-state index in [1.54, 1.807) is 25.1 Å². The average molecular weight is 523 g/mol. The summed E-state index contributed by atoms with van der Waals surface area (Å²) in [6.45, 7) is 1.77. The number of thioether (sulfide) groups is 1. The highest BCUT2D eigenvalue weighted by atomic mass is 79.9. The first-order valence-electron chi connectivity index (χ1n) is 10.1. The summed E-state index contributed by atoms with van der Waals surface area (Å²) in [6.07, 6.45) is 0. The molecule has 0 aliphatic carbocycles. The molecule has 0 spiro atoms. The summed E-state index contributed by atoms with van der Waals surface area (Å²) in [6, 6.07) is 24.5. The van der Waals surface area contributed by atoms with E-state index < -0.39 is 0 Å². The van der Waals surface area contributed by atoms with Gasteiger partial charge in [-0.05, 0) is 67.2 Å². The number of carbonyl (C=O) groups is 1. The molecule has 7 nitrogen and oxygen atoms in total. The Balaban J connectivity index is 1.52. The molecule has 0 aliphatic rings. The van der Waals surface area contributed by atoms with Gasteiger partial charge in [0.05, 0.1) is 22.1 Å². The third-order valence-corrected chi connectivity index (χ3v) is 6.22. The van der Waals surface area contributed by atoms with Crippen molar-refractivity contribution in [2.75, 3.05) is 5.75 Å². The van der Waals surface area contributed by atoms with Gasteiger partial charge in [-0.2, -0.15) is 9.67 Å². The van der Waals surface area contributed by atoms with Crippen LogP contribution in [-0.2, 0) is 4.79 Å². The zero-order valence-corrected chi connectivity index (χ0v) is 20.1. The van der Waals surface area contributed by atoms with Gasteiger partial charge in [0.2, 0.25) is 0 Å². The van der Waals surface area contributed by atoms with Gasteiger partial charge in [-0.25, -0.2) is 5.43 Å². The number of benzene rings is 3. The molecule has 0 unspecified atom stereocenters. The lowest BCUT2D eigenvalue weighted by molar-refractivity contribution is -0.625. The first-order valence-corrected chi connectivity index (χ1v) is 11.9. The number of aromatic amines is 1. The number of amides is 1. The van der Waals surface area contributed by atoms with Crippen molar-refractivity contribution < 1.29 is 14.5 Å². The van der Waals surface area contributed by atoms with Gasteiger partial charge in [-0.15, -0.1) is 5.10 Å². The van der Waals surface area contributed by atoms with E-state index in [9.17, 15) is 9.90 Å². The number of nitrogens with zero attached hydrogens (tertiary/aromatic N) is 3. The largest absolute Gasteiger partial charge is 0.508 e. The standard InChI is InChI=1S/C24H20BrN5O2S/c1-16(18-8-5-9-21(31)14-18)26-27-22(32)15-33-24-29-28-23(17-6-3-2-4-7-17)30(24)20-12-10-19(25)11-13-20/h2-14H,15H2,1H3,(H2,27,31,32)/p+1/b26-16+. The number of hydrogen-bond donors (Lipinski definition) is 3. The molecule has 4 aromatic rings. The van der Waals surface area contributed by atoms with Crippen LogP contribution in [0.1, 0.15) is 12.5 Å². The number of nitrogens with one attached hydrogen (secondary N) is 2. The molecule has 0 radical (unpaired) electrons. The molecule has 0 fully saturated rings. The molecule has 0 saturated heterocycles. The molecule has 3 N–H and O–H groups in total. The van der Waals surface area contributed by atoms with Crippen LogP contribution < -0.4 is 9.99 Å². The van der Waals surface area contributed by atoms with Crippen LogP contribution in [0.15, 0.2) is 93.6 Å². The zero-order valence-electron chi connectivity index (χ0n) is 17.7. The van der Waals surface area contributed by atoms with Crippen LogP contribution in [0.4, 0.5) is 0 Å². The fourth-order valence-corrected chi connectivity index (χ4v) is 4.14. The molecule has 0 bridgehead atoms. The number of aromatic nitrogens is 3. The Bertz CT molecular complexity index is 1290. The summed E-state index contributed by atoms with van der Waals surface area (Å²) < 4.78 is 2.96. The van der Waals surface area contributed by atoms with E-state index in [0.29, 0.717) is 10.9 Å². The third-order valence-electron chi connectivity index (χ3n) is 4.75. The van der Waals surface area contributed by atoms with Crippen LogP contribution in [0.2, 0.25) is 0 Å². The molecule has 1 amide bonds. The van der Waals surface area contributed by atoms with E-state index in [1.807, 2.05) is 65.2 Å². The highest BCUT2D eigenvalue weighted by Crippen LogP contribution is 2.21. The quantitative estimate of drug-likeness (QED) is 0.144. The van der Waals surface area contributed by atoms with Gasteiger partial charge in [0, 0.05) is 10.0 Å². The lowest BCUT2D eigenvalue weighted by Gasteiger charge is -2.05. The van der Waals surface area contributed by atoms with Crippen molar-refractivity contribution in [2.45, 2.75) is 12.1 Å². The Kier molecular flexibility index (Phi) is 7.21. The number of rotatable bonds is 7. The van der Waals surface area contributed by atoms with Crippen molar-refractivity contribution in [3.63, 3.8) is 0 Å². The number of hydrazone groups is 1. The Morgan fingerprint density at radius 1 is 1.12 bits per heavy atom. The summed E-state index contributed by atoms with van der Waals surface area (Å²) in [5.41, 5.74) is 5.80. The van der Waals surface area contributed by atoms with Crippen LogP contribution in [-0.4, -0.2) is 32.7 Å². The Labute approximate surface area is 203 Å². The normalized spacial score (nSPS) is 11.4. The van der Waals surface area contributed by atoms with Gasteiger partial charge in [0.15, 0.2) is 0 Å². The predicted octanol–water partition coefficient (Wildman–Crippen LogP) is 4.45. The minimum Gasteiger partial charge on any atom is -0.508 e. The lowest BCUT2D eigenvalue weighted by atomic mass is 10.1. The molecule has 33 heavy (non-hydrogen) atoms. The number of aromatic hydroxyl groups is 1. The van der Waals surface area contributed by atoms with Crippen molar-refractivity contribution >= 4 is 39.3 Å². The van der Waals surface area contributed by atoms with E-state index >= 15 is 0 Å². The van der Waals surface area contributed by atoms with Crippen molar-refractivity contribution in [3.05, 3.63) is 88.9 Å². The molecule has 4 rings (SSSR count). The van der Waals surface area contributed by atoms with Crippen LogP contribution in [0, 0.1) is 0 Å². The molecule has 0 aliphatic heterocycles. The van der Waals surface area contributed by atoms with E-state index in [-0.39, 0.29) is 17.4 Å². The minimum absolute atomic E-state index is 0.131. The first-order chi connectivity index (χ1) is 16.0. The highest BCUT2D eigenvalue weighted by molar-refractivity contribution is 9.10. The summed E-state index contributed by atoms with van der Waals surface area (Å²) in [7, 11) is 0. The number of phenols is 1. The fourth-order valence-electron chi connectivity index (χ4n) is 3.12. The number of hydrogen-bond acceptors (Lipinski definition) is 5. The fraction of sp³-hybridized carbons (Fsp3) is 0.0833. The van der Waals surface area contributed by atoms with Crippen molar-refractivity contribution in [2.24, 2.45) is 5.10 Å². The molecule has 1 aromatic heterocycles. The SMILES string of the molecule is C/C(=N\NC(=O)CSc1n[nH]c(-c2ccccc2)[n+]1-c1ccc(Br)cc1)c1cccc(O)c1. The highest BCUT2D eigenvalue weighted by Gasteiger charge is 2.24. The van der Waals surface area contributed by atoms with Crippen LogP contribution in [0.5, 0.6) is 5.75 Å². The smallest absolute Gasteiger partial charge is 0.342 e. The summed E-state index contributed by atoms with van der Waals surface area (Å²) in [5.74, 6) is 0.839. The molecular weight excluding hydrogens is 502 g/mol. The van der Waals surface area contributed by atoms with Gasteiger partial charge < -0.3 is 5.11 Å². The van der Waals surface area contributed by atoms with E-state index in [4.69, 9.17) is 0 Å². The maximum Gasteiger partial charge on any atom is 0.342 e. The van der Waals surface area contributed by atoms with Gasteiger partial charge in [-0.3, -0.25) is 4.79 Å². The van der Waals surface area contributed by atoms with Crippen molar-refractivity contribution in [3.8, 4) is 22.8 Å². The van der Waals surface area contributed by atoms with Crippen LogP contribution in [0.25, 0.3) is 17.1 Å². The van der Waals surface area contributed by atoms with Crippen LogP contribution in [0.3, 0.4) is 0 Å². The number of carbonyl (C=O) groups excluding carboxylic acids is 1. The molecule has 166 valence electrons. The monoisotopic (exact) mass is 522 g/mol. The van der Waals surface area contributed by atoms with Gasteiger partial charge >= 0.3 is 5.16 Å². The van der Waals surface area contributed by atoms with E-state index in [0.717, 1.165) is 27.1 Å². The van der Waals surface area contributed by atoms with Gasteiger partial charge in [0.1, 0.15) is 11.4 Å².